The molecule has 0 heterocycles. The van der Waals surface area contributed by atoms with Crippen LogP contribution in [0.5, 0.6) is 11.5 Å². The van der Waals surface area contributed by atoms with Gasteiger partial charge in [0, 0.05) is 13.0 Å². The summed E-state index contributed by atoms with van der Waals surface area (Å²) in [6, 6.07) is 12.2. The Kier molecular flexibility index (Phi) is 9.09. The summed E-state index contributed by atoms with van der Waals surface area (Å²) in [4.78, 5) is 26.2. The van der Waals surface area contributed by atoms with E-state index in [1.807, 2.05) is 31.2 Å². The van der Waals surface area contributed by atoms with Crippen LogP contribution in [0, 0.1) is 0 Å². The average Bonchev–Trinajstić information content (AvgIpc) is 2.72. The summed E-state index contributed by atoms with van der Waals surface area (Å²) >= 11 is 12.1. The number of likely N-dealkylation sites (N-methyl/N-ethyl adjacent to an activating group) is 1. The summed E-state index contributed by atoms with van der Waals surface area (Å²) in [7, 11) is 1.60. The van der Waals surface area contributed by atoms with E-state index in [-0.39, 0.29) is 24.8 Å². The zero-order chi connectivity index (χ0) is 21.2. The van der Waals surface area contributed by atoms with Gasteiger partial charge < -0.3 is 19.7 Å². The number of methoxy groups -OCH3 is 1. The SMILES string of the molecule is CCN(CC(=O)Nc1c(Cl)cccc1Cl)C(=O)CCCOc1ccc(OC)cc1. The number of carbonyl (C=O) groups is 2. The second-order valence-electron chi connectivity index (χ2n) is 6.18. The fourth-order valence-electron chi connectivity index (χ4n) is 2.59. The van der Waals surface area contributed by atoms with Gasteiger partial charge in [-0.05, 0) is 49.7 Å². The van der Waals surface area contributed by atoms with Crippen molar-refractivity contribution < 1.29 is 19.1 Å². The minimum absolute atomic E-state index is 0.0732. The van der Waals surface area contributed by atoms with Gasteiger partial charge in [-0.2, -0.15) is 0 Å². The van der Waals surface area contributed by atoms with E-state index in [9.17, 15) is 9.59 Å². The lowest BCUT2D eigenvalue weighted by atomic mass is 10.2. The molecule has 2 amide bonds. The van der Waals surface area contributed by atoms with E-state index in [0.29, 0.717) is 41.1 Å². The molecule has 0 aliphatic carbocycles. The first-order valence-corrected chi connectivity index (χ1v) is 9.98. The molecule has 29 heavy (non-hydrogen) atoms. The monoisotopic (exact) mass is 438 g/mol. The Labute approximate surface area is 180 Å². The zero-order valence-corrected chi connectivity index (χ0v) is 17.9. The summed E-state index contributed by atoms with van der Waals surface area (Å²) < 4.78 is 10.7. The Balaban J connectivity index is 1.78. The van der Waals surface area contributed by atoms with Crippen molar-refractivity contribution in [3.63, 3.8) is 0 Å². The Morgan fingerprint density at radius 2 is 1.66 bits per heavy atom. The molecule has 0 atom stereocenters. The number of amides is 2. The van der Waals surface area contributed by atoms with E-state index in [4.69, 9.17) is 32.7 Å². The summed E-state index contributed by atoms with van der Waals surface area (Å²) in [5.41, 5.74) is 0.345. The molecule has 8 heteroatoms. The molecule has 0 fully saturated rings. The number of nitrogens with one attached hydrogen (secondary N) is 1. The lowest BCUT2D eigenvalue weighted by molar-refractivity contribution is -0.134. The van der Waals surface area contributed by atoms with Crippen LogP contribution in [0.3, 0.4) is 0 Å². The van der Waals surface area contributed by atoms with Gasteiger partial charge in [-0.3, -0.25) is 9.59 Å². The van der Waals surface area contributed by atoms with Gasteiger partial charge in [0.2, 0.25) is 11.8 Å². The van der Waals surface area contributed by atoms with Gasteiger partial charge in [0.05, 0.1) is 36.0 Å². The molecule has 156 valence electrons. The number of anilines is 1. The molecule has 0 saturated carbocycles. The molecule has 0 aliphatic heterocycles. The molecular formula is C21H24Cl2N2O4. The standard InChI is InChI=1S/C21H24Cl2N2O4/c1-3-25(14-19(26)24-21-17(22)6-4-7-18(21)23)20(27)8-5-13-29-16-11-9-15(28-2)10-12-16/h4,6-7,9-12H,3,5,8,13-14H2,1-2H3,(H,24,26). The highest BCUT2D eigenvalue weighted by atomic mass is 35.5. The lowest BCUT2D eigenvalue weighted by Gasteiger charge is -2.21. The predicted molar refractivity (Wildman–Crippen MR) is 115 cm³/mol. The maximum Gasteiger partial charge on any atom is 0.244 e. The Morgan fingerprint density at radius 1 is 1.03 bits per heavy atom. The van der Waals surface area contributed by atoms with Gasteiger partial charge in [0.25, 0.3) is 0 Å². The van der Waals surface area contributed by atoms with E-state index in [0.717, 1.165) is 5.75 Å². The topological polar surface area (TPSA) is 67.9 Å². The molecule has 0 aromatic heterocycles. The van der Waals surface area contributed by atoms with E-state index < -0.39 is 0 Å². The molecule has 0 spiro atoms. The highest BCUT2D eigenvalue weighted by Gasteiger charge is 2.17. The van der Waals surface area contributed by atoms with Gasteiger partial charge in [0.15, 0.2) is 0 Å². The number of halogens is 2. The lowest BCUT2D eigenvalue weighted by Crippen LogP contribution is -2.38. The van der Waals surface area contributed by atoms with Crippen molar-refractivity contribution in [3.05, 3.63) is 52.5 Å². The number of hydrogen-bond acceptors (Lipinski definition) is 4. The second-order valence-corrected chi connectivity index (χ2v) is 6.99. The quantitative estimate of drug-likeness (QED) is 0.548. The van der Waals surface area contributed by atoms with Crippen molar-refractivity contribution in [2.45, 2.75) is 19.8 Å². The summed E-state index contributed by atoms with van der Waals surface area (Å²) in [5.74, 6) is 0.986. The maximum atomic E-state index is 12.4. The van der Waals surface area contributed by atoms with E-state index >= 15 is 0 Å². The third-order valence-electron chi connectivity index (χ3n) is 4.16. The highest BCUT2D eigenvalue weighted by Crippen LogP contribution is 2.29. The minimum atomic E-state index is -0.357. The van der Waals surface area contributed by atoms with Crippen molar-refractivity contribution in [3.8, 4) is 11.5 Å². The summed E-state index contributed by atoms with van der Waals surface area (Å²) in [5, 5.41) is 3.35. The van der Waals surface area contributed by atoms with Crippen LogP contribution in [0.1, 0.15) is 19.8 Å². The first kappa shape index (κ1) is 22.8. The fourth-order valence-corrected chi connectivity index (χ4v) is 3.08. The number of benzene rings is 2. The fraction of sp³-hybridized carbons (Fsp3) is 0.333. The van der Waals surface area contributed by atoms with Gasteiger partial charge in [-0.1, -0.05) is 29.3 Å². The number of rotatable bonds is 10. The van der Waals surface area contributed by atoms with E-state index in [2.05, 4.69) is 5.32 Å². The van der Waals surface area contributed by atoms with Gasteiger partial charge in [-0.15, -0.1) is 0 Å². The van der Waals surface area contributed by atoms with Crippen molar-refractivity contribution in [1.29, 1.82) is 0 Å². The van der Waals surface area contributed by atoms with Gasteiger partial charge >= 0.3 is 0 Å². The van der Waals surface area contributed by atoms with Crippen LogP contribution in [-0.4, -0.2) is 43.5 Å². The number of ether oxygens (including phenoxy) is 2. The third kappa shape index (κ3) is 7.15. The zero-order valence-electron chi connectivity index (χ0n) is 16.4. The largest absolute Gasteiger partial charge is 0.497 e. The first-order valence-electron chi connectivity index (χ1n) is 9.23. The Bertz CT molecular complexity index is 808. The summed E-state index contributed by atoms with van der Waals surface area (Å²) in [6.07, 6.45) is 0.823. The third-order valence-corrected chi connectivity index (χ3v) is 4.79. The van der Waals surface area contributed by atoms with Crippen molar-refractivity contribution in [2.75, 3.05) is 32.1 Å². The molecule has 0 saturated heterocycles. The Morgan fingerprint density at radius 3 is 2.24 bits per heavy atom. The normalized spacial score (nSPS) is 10.3. The molecule has 0 radical (unpaired) electrons. The first-order chi connectivity index (χ1) is 13.9. The smallest absolute Gasteiger partial charge is 0.244 e. The average molecular weight is 439 g/mol. The molecule has 2 rings (SSSR count). The van der Waals surface area contributed by atoms with Crippen LogP contribution < -0.4 is 14.8 Å². The van der Waals surface area contributed by atoms with Crippen LogP contribution >= 0.6 is 23.2 Å². The van der Waals surface area contributed by atoms with Crippen LogP contribution in [0.2, 0.25) is 10.0 Å². The highest BCUT2D eigenvalue weighted by molar-refractivity contribution is 6.39. The second kappa shape index (κ2) is 11.5. The van der Waals surface area contributed by atoms with Crippen LogP contribution in [0.25, 0.3) is 0 Å². The molecule has 0 bridgehead atoms. The van der Waals surface area contributed by atoms with Crippen molar-refractivity contribution in [1.82, 2.24) is 4.90 Å². The van der Waals surface area contributed by atoms with Crippen molar-refractivity contribution in [2.24, 2.45) is 0 Å². The van der Waals surface area contributed by atoms with Gasteiger partial charge in [-0.25, -0.2) is 0 Å². The molecular weight excluding hydrogens is 415 g/mol. The Hall–Kier alpha value is -2.44. The molecule has 2 aromatic carbocycles. The molecule has 6 nitrogen and oxygen atoms in total. The molecule has 1 N–H and O–H groups in total. The molecule has 0 unspecified atom stereocenters. The molecule has 2 aromatic rings. The maximum absolute atomic E-state index is 12.4. The van der Waals surface area contributed by atoms with Crippen molar-refractivity contribution >= 4 is 40.7 Å². The number of carbonyl (C=O) groups excluding carboxylic acids is 2. The van der Waals surface area contributed by atoms with E-state index in [1.54, 1.807) is 25.3 Å². The van der Waals surface area contributed by atoms with Crippen LogP contribution in [-0.2, 0) is 9.59 Å². The van der Waals surface area contributed by atoms with E-state index in [1.165, 1.54) is 4.90 Å². The number of nitrogens with zero attached hydrogens (tertiary/aromatic N) is 1. The molecule has 0 aliphatic rings. The summed E-state index contributed by atoms with van der Waals surface area (Å²) in [6.45, 7) is 2.57. The minimum Gasteiger partial charge on any atom is -0.497 e. The van der Waals surface area contributed by atoms with Crippen LogP contribution in [0.4, 0.5) is 5.69 Å². The predicted octanol–water partition coefficient (Wildman–Crippen LogP) is 4.65. The van der Waals surface area contributed by atoms with Crippen LogP contribution in [0.15, 0.2) is 42.5 Å². The number of hydrogen-bond donors (Lipinski definition) is 1. The van der Waals surface area contributed by atoms with Gasteiger partial charge in [0.1, 0.15) is 11.5 Å². The number of para-hydroxylation sites is 1.